The molecule has 0 aliphatic heterocycles. The molecule has 0 saturated carbocycles. The van der Waals surface area contributed by atoms with Crippen molar-refractivity contribution in [2.45, 2.75) is 0 Å². The maximum absolute atomic E-state index is 10.3. The van der Waals surface area contributed by atoms with Gasteiger partial charge in [-0.1, -0.05) is 97.1 Å². The number of para-hydroxylation sites is 3. The van der Waals surface area contributed by atoms with Crippen molar-refractivity contribution in [3.8, 4) is 45.8 Å². The molecule has 0 aliphatic rings. The van der Waals surface area contributed by atoms with Gasteiger partial charge in [0.05, 0.1) is 51.0 Å². The van der Waals surface area contributed by atoms with Crippen LogP contribution in [0.25, 0.3) is 77.2 Å². The molecule has 48 heavy (non-hydrogen) atoms. The van der Waals surface area contributed by atoms with Gasteiger partial charge in [0.2, 0.25) is 0 Å². The zero-order chi connectivity index (χ0) is 32.2. The molecule has 9 rings (SSSR count). The Morgan fingerprint density at radius 3 is 1.65 bits per heavy atom. The van der Waals surface area contributed by atoms with E-state index in [1.807, 2.05) is 36.4 Å². The summed E-state index contributed by atoms with van der Waals surface area (Å²) in [6, 6.07) is 59.0. The fourth-order valence-electron chi connectivity index (χ4n) is 7.28. The number of fused-ring (bicyclic) bond motifs is 6. The van der Waals surface area contributed by atoms with Crippen molar-refractivity contribution in [1.29, 1.82) is 10.5 Å². The van der Waals surface area contributed by atoms with Crippen LogP contribution in [0.1, 0.15) is 11.1 Å². The lowest BCUT2D eigenvalue weighted by atomic mass is 9.95. The van der Waals surface area contributed by atoms with Crippen LogP contribution in [0.5, 0.6) is 0 Å². The first kappa shape index (κ1) is 27.4. The molecule has 0 N–H and O–H groups in total. The molecule has 7 aromatic carbocycles. The first-order valence-electron chi connectivity index (χ1n) is 15.9. The summed E-state index contributed by atoms with van der Waals surface area (Å²) in [5, 5.41) is 24.4. The van der Waals surface area contributed by atoms with E-state index < -0.39 is 0 Å². The SMILES string of the molecule is N#Cc1ccc2c(c1)c1ccccc1n2-c1cccc(-c2ccc(-c3c(C#N)cccc3-n3c4ccccc4c4ccccc43)cc2)c1. The monoisotopic (exact) mass is 610 g/mol. The van der Waals surface area contributed by atoms with Crippen molar-refractivity contribution in [1.82, 2.24) is 9.13 Å². The summed E-state index contributed by atoms with van der Waals surface area (Å²) in [5.41, 5.74) is 11.8. The zero-order valence-corrected chi connectivity index (χ0v) is 25.8. The smallest absolute Gasteiger partial charge is 0.0998 e. The van der Waals surface area contributed by atoms with E-state index in [9.17, 15) is 10.5 Å². The third-order valence-corrected chi connectivity index (χ3v) is 9.40. The standard InChI is InChI=1S/C44H26N4/c45-27-29-19-24-42-38(25-29)37-14-3-4-15-39(37)47(42)34-11-7-9-32(26-34)30-20-22-31(23-21-30)44-33(28-46)10-8-18-43(44)48-40-16-5-1-12-35(40)36-13-2-6-17-41(36)48/h1-26H. The molecular weight excluding hydrogens is 585 g/mol. The number of rotatable bonds is 4. The van der Waals surface area contributed by atoms with E-state index in [2.05, 4.69) is 143 Å². The van der Waals surface area contributed by atoms with Crippen LogP contribution in [-0.4, -0.2) is 9.13 Å². The van der Waals surface area contributed by atoms with E-state index in [0.29, 0.717) is 11.1 Å². The fourth-order valence-corrected chi connectivity index (χ4v) is 7.28. The summed E-state index contributed by atoms with van der Waals surface area (Å²) >= 11 is 0. The Morgan fingerprint density at radius 2 is 0.979 bits per heavy atom. The first-order chi connectivity index (χ1) is 23.7. The summed E-state index contributed by atoms with van der Waals surface area (Å²) in [6.45, 7) is 0. The minimum absolute atomic E-state index is 0.634. The van der Waals surface area contributed by atoms with Crippen LogP contribution < -0.4 is 0 Å². The van der Waals surface area contributed by atoms with E-state index in [1.165, 1.54) is 10.8 Å². The van der Waals surface area contributed by atoms with Crippen LogP contribution in [0.2, 0.25) is 0 Å². The Labute approximate surface area is 277 Å². The molecule has 4 heteroatoms. The van der Waals surface area contributed by atoms with Crippen molar-refractivity contribution in [3.63, 3.8) is 0 Å². The van der Waals surface area contributed by atoms with E-state index in [-0.39, 0.29) is 0 Å². The average molecular weight is 611 g/mol. The van der Waals surface area contributed by atoms with Crippen molar-refractivity contribution in [3.05, 3.63) is 169 Å². The highest BCUT2D eigenvalue weighted by molar-refractivity contribution is 6.11. The lowest BCUT2D eigenvalue weighted by Crippen LogP contribution is -1.99. The van der Waals surface area contributed by atoms with Gasteiger partial charge in [0, 0.05) is 32.8 Å². The maximum Gasteiger partial charge on any atom is 0.0998 e. The highest BCUT2D eigenvalue weighted by atomic mass is 15.0. The van der Waals surface area contributed by atoms with Gasteiger partial charge in [-0.15, -0.1) is 0 Å². The second-order valence-electron chi connectivity index (χ2n) is 12.0. The molecule has 0 spiro atoms. The molecule has 0 radical (unpaired) electrons. The number of benzene rings is 7. The molecule has 0 amide bonds. The zero-order valence-electron chi connectivity index (χ0n) is 25.8. The minimum atomic E-state index is 0.634. The molecule has 0 fully saturated rings. The van der Waals surface area contributed by atoms with Gasteiger partial charge in [-0.2, -0.15) is 10.5 Å². The maximum atomic E-state index is 10.3. The summed E-state index contributed by atoms with van der Waals surface area (Å²) < 4.78 is 4.55. The Hall–Kier alpha value is -6.88. The molecular formula is C44H26N4. The second-order valence-corrected chi connectivity index (χ2v) is 12.0. The van der Waals surface area contributed by atoms with Crippen molar-refractivity contribution in [2.24, 2.45) is 0 Å². The Kier molecular flexibility index (Phi) is 6.22. The molecule has 0 atom stereocenters. The van der Waals surface area contributed by atoms with Gasteiger partial charge in [-0.05, 0) is 77.4 Å². The van der Waals surface area contributed by atoms with Crippen LogP contribution >= 0.6 is 0 Å². The Balaban J connectivity index is 1.17. The lowest BCUT2D eigenvalue weighted by molar-refractivity contribution is 1.18. The highest BCUT2D eigenvalue weighted by Crippen LogP contribution is 2.39. The van der Waals surface area contributed by atoms with Gasteiger partial charge in [0.15, 0.2) is 0 Å². The summed E-state index contributed by atoms with van der Waals surface area (Å²) in [5.74, 6) is 0. The molecule has 222 valence electrons. The third-order valence-electron chi connectivity index (χ3n) is 9.40. The fraction of sp³-hybridized carbons (Fsp3) is 0. The topological polar surface area (TPSA) is 57.4 Å². The van der Waals surface area contributed by atoms with E-state index >= 15 is 0 Å². The number of hydrogen-bond acceptors (Lipinski definition) is 2. The molecule has 0 unspecified atom stereocenters. The Bertz CT molecular complexity index is 2750. The predicted octanol–water partition coefficient (Wildman–Crippen LogP) is 11.0. The van der Waals surface area contributed by atoms with Crippen LogP contribution in [0, 0.1) is 22.7 Å². The van der Waals surface area contributed by atoms with Crippen molar-refractivity contribution in [2.75, 3.05) is 0 Å². The number of hydrogen-bond donors (Lipinski definition) is 0. The van der Waals surface area contributed by atoms with Gasteiger partial charge >= 0.3 is 0 Å². The molecule has 4 nitrogen and oxygen atoms in total. The van der Waals surface area contributed by atoms with Crippen LogP contribution in [0.15, 0.2) is 158 Å². The molecule has 0 aliphatic carbocycles. The minimum Gasteiger partial charge on any atom is -0.309 e. The number of aromatic nitrogens is 2. The quantitative estimate of drug-likeness (QED) is 0.199. The van der Waals surface area contributed by atoms with Gasteiger partial charge in [-0.3, -0.25) is 0 Å². The summed E-state index contributed by atoms with van der Waals surface area (Å²) in [6.07, 6.45) is 0. The molecule has 9 aromatic rings. The molecule has 2 heterocycles. The average Bonchev–Trinajstić information content (AvgIpc) is 3.67. The van der Waals surface area contributed by atoms with E-state index in [0.717, 1.165) is 66.5 Å². The number of nitriles is 2. The van der Waals surface area contributed by atoms with E-state index in [4.69, 9.17) is 0 Å². The first-order valence-corrected chi connectivity index (χ1v) is 15.9. The van der Waals surface area contributed by atoms with Crippen LogP contribution in [0.4, 0.5) is 0 Å². The van der Waals surface area contributed by atoms with Crippen LogP contribution in [-0.2, 0) is 0 Å². The van der Waals surface area contributed by atoms with Gasteiger partial charge < -0.3 is 9.13 Å². The van der Waals surface area contributed by atoms with Crippen molar-refractivity contribution < 1.29 is 0 Å². The Morgan fingerprint density at radius 1 is 0.396 bits per heavy atom. The molecule has 0 saturated heterocycles. The van der Waals surface area contributed by atoms with Crippen LogP contribution in [0.3, 0.4) is 0 Å². The molecule has 2 aromatic heterocycles. The lowest BCUT2D eigenvalue weighted by Gasteiger charge is -2.16. The van der Waals surface area contributed by atoms with E-state index in [1.54, 1.807) is 0 Å². The highest BCUT2D eigenvalue weighted by Gasteiger charge is 2.18. The van der Waals surface area contributed by atoms with Gasteiger partial charge in [-0.25, -0.2) is 0 Å². The molecule has 0 bridgehead atoms. The summed E-state index contributed by atoms with van der Waals surface area (Å²) in [7, 11) is 0. The second kappa shape index (κ2) is 10.9. The summed E-state index contributed by atoms with van der Waals surface area (Å²) in [4.78, 5) is 0. The third kappa shape index (κ3) is 4.14. The largest absolute Gasteiger partial charge is 0.309 e. The normalized spacial score (nSPS) is 11.3. The predicted molar refractivity (Wildman–Crippen MR) is 195 cm³/mol. The van der Waals surface area contributed by atoms with Crippen molar-refractivity contribution >= 4 is 43.6 Å². The van der Waals surface area contributed by atoms with Gasteiger partial charge in [0.1, 0.15) is 0 Å². The van der Waals surface area contributed by atoms with Gasteiger partial charge in [0.25, 0.3) is 0 Å². The number of nitrogens with zero attached hydrogens (tertiary/aromatic N) is 4.